The summed E-state index contributed by atoms with van der Waals surface area (Å²) in [6.45, 7) is 5.96. The smallest absolute Gasteiger partial charge is 0.228 e. The molecule has 0 fully saturated rings. The lowest BCUT2D eigenvalue weighted by Crippen LogP contribution is -2.27. The Morgan fingerprint density at radius 1 is 1.23 bits per heavy atom. The molecule has 0 saturated carbocycles. The summed E-state index contributed by atoms with van der Waals surface area (Å²) in [6, 6.07) is 5.78. The number of carbonyl (C=O) groups is 1. The highest BCUT2D eigenvalue weighted by Crippen LogP contribution is 2.34. The van der Waals surface area contributed by atoms with Crippen molar-refractivity contribution in [3.63, 3.8) is 0 Å². The van der Waals surface area contributed by atoms with Gasteiger partial charge in [-0.05, 0) is 56.9 Å². The third kappa shape index (κ3) is 2.86. The van der Waals surface area contributed by atoms with E-state index in [1.807, 2.05) is 45.0 Å². The fourth-order valence-corrected chi connectivity index (χ4v) is 2.84. The summed E-state index contributed by atoms with van der Waals surface area (Å²) in [7, 11) is 0. The standard InChI is InChI=1S/C18H21NO3/c1-18(2,3)22-13-8-6-11-4-5-12-7-9-15(20)19-16(12)17(21)14(11)10-13/h6-8,10,21H,4-5,9H2,1-3H3,(H,19,20). The zero-order valence-corrected chi connectivity index (χ0v) is 13.2. The molecule has 2 aliphatic rings. The number of ether oxygens (including phenoxy) is 1. The lowest BCUT2D eigenvalue weighted by Gasteiger charge is -2.22. The van der Waals surface area contributed by atoms with Gasteiger partial charge in [0.15, 0.2) is 0 Å². The van der Waals surface area contributed by atoms with Gasteiger partial charge in [-0.3, -0.25) is 4.79 Å². The summed E-state index contributed by atoms with van der Waals surface area (Å²) in [5.74, 6) is 0.759. The van der Waals surface area contributed by atoms with Gasteiger partial charge >= 0.3 is 0 Å². The number of carbonyl (C=O) groups excluding carboxylic acids is 1. The number of allylic oxidation sites excluding steroid dienone is 1. The van der Waals surface area contributed by atoms with Crippen molar-refractivity contribution >= 4 is 11.7 Å². The van der Waals surface area contributed by atoms with Gasteiger partial charge in [-0.2, -0.15) is 0 Å². The number of rotatable bonds is 1. The van der Waals surface area contributed by atoms with Crippen LogP contribution in [0.5, 0.6) is 5.75 Å². The molecule has 3 rings (SSSR count). The van der Waals surface area contributed by atoms with Crippen LogP contribution in [0.1, 0.15) is 44.7 Å². The molecule has 0 spiro atoms. The van der Waals surface area contributed by atoms with Crippen molar-refractivity contribution in [3.8, 4) is 5.75 Å². The molecular weight excluding hydrogens is 278 g/mol. The number of aryl methyl sites for hydroxylation is 1. The molecule has 0 atom stereocenters. The lowest BCUT2D eigenvalue weighted by molar-refractivity contribution is -0.119. The van der Waals surface area contributed by atoms with Gasteiger partial charge in [-0.15, -0.1) is 0 Å². The summed E-state index contributed by atoms with van der Waals surface area (Å²) in [5, 5.41) is 13.4. The molecule has 1 aromatic rings. The van der Waals surface area contributed by atoms with Crippen molar-refractivity contribution in [2.45, 2.75) is 45.6 Å². The minimum absolute atomic E-state index is 0.0872. The molecule has 22 heavy (non-hydrogen) atoms. The fraction of sp³-hybridized carbons (Fsp3) is 0.389. The van der Waals surface area contributed by atoms with Gasteiger partial charge < -0.3 is 15.2 Å². The number of hydrogen-bond donors (Lipinski definition) is 2. The molecule has 4 heteroatoms. The van der Waals surface area contributed by atoms with E-state index in [4.69, 9.17) is 4.74 Å². The minimum Gasteiger partial charge on any atom is -0.505 e. The minimum atomic E-state index is -0.300. The van der Waals surface area contributed by atoms with E-state index < -0.39 is 0 Å². The van der Waals surface area contributed by atoms with Gasteiger partial charge in [0, 0.05) is 12.0 Å². The van der Waals surface area contributed by atoms with Gasteiger partial charge in [0.1, 0.15) is 17.1 Å². The molecule has 1 heterocycles. The van der Waals surface area contributed by atoms with Crippen LogP contribution in [0.4, 0.5) is 0 Å². The van der Waals surface area contributed by atoms with Crippen molar-refractivity contribution in [1.29, 1.82) is 0 Å². The number of amides is 1. The van der Waals surface area contributed by atoms with Crippen molar-refractivity contribution in [2.24, 2.45) is 0 Å². The van der Waals surface area contributed by atoms with E-state index in [1.54, 1.807) is 0 Å². The zero-order valence-electron chi connectivity index (χ0n) is 13.2. The van der Waals surface area contributed by atoms with Crippen LogP contribution in [0.3, 0.4) is 0 Å². The van der Waals surface area contributed by atoms with Crippen LogP contribution in [-0.2, 0) is 11.2 Å². The van der Waals surface area contributed by atoms with Crippen LogP contribution in [0.25, 0.3) is 5.76 Å². The Bertz CT molecular complexity index is 693. The molecule has 0 saturated heterocycles. The largest absolute Gasteiger partial charge is 0.505 e. The fourth-order valence-electron chi connectivity index (χ4n) is 2.84. The van der Waals surface area contributed by atoms with Crippen LogP contribution in [0.15, 0.2) is 35.5 Å². The maximum Gasteiger partial charge on any atom is 0.228 e. The van der Waals surface area contributed by atoms with E-state index in [1.165, 1.54) is 0 Å². The average molecular weight is 299 g/mol. The number of fused-ring (bicyclic) bond motifs is 2. The predicted octanol–water partition coefficient (Wildman–Crippen LogP) is 3.48. The summed E-state index contributed by atoms with van der Waals surface area (Å²) >= 11 is 0. The highest BCUT2D eigenvalue weighted by atomic mass is 16.5. The van der Waals surface area contributed by atoms with E-state index in [-0.39, 0.29) is 17.3 Å². The Hall–Kier alpha value is -2.23. The number of aliphatic hydroxyl groups excluding tert-OH is 1. The average Bonchev–Trinajstić information content (AvgIpc) is 2.56. The third-order valence-electron chi connectivity index (χ3n) is 3.78. The Morgan fingerprint density at radius 3 is 2.73 bits per heavy atom. The Labute approximate surface area is 130 Å². The molecule has 2 N–H and O–H groups in total. The Balaban J connectivity index is 2.06. The zero-order chi connectivity index (χ0) is 15.9. The molecule has 116 valence electrons. The van der Waals surface area contributed by atoms with E-state index in [2.05, 4.69) is 5.32 Å². The van der Waals surface area contributed by atoms with E-state index in [9.17, 15) is 9.90 Å². The van der Waals surface area contributed by atoms with Crippen molar-refractivity contribution in [1.82, 2.24) is 5.32 Å². The number of nitrogens with one attached hydrogen (secondary N) is 1. The molecule has 1 amide bonds. The highest BCUT2D eigenvalue weighted by molar-refractivity contribution is 5.86. The van der Waals surface area contributed by atoms with Crippen LogP contribution in [0.2, 0.25) is 0 Å². The summed E-state index contributed by atoms with van der Waals surface area (Å²) in [5.41, 5.74) is 3.05. The second-order valence-electron chi connectivity index (χ2n) is 6.74. The first kappa shape index (κ1) is 14.7. The van der Waals surface area contributed by atoms with Gasteiger partial charge in [0.2, 0.25) is 5.91 Å². The first-order chi connectivity index (χ1) is 10.3. The quantitative estimate of drug-likeness (QED) is 0.834. The SMILES string of the molecule is CC(C)(C)Oc1ccc2c(c1)C(O)=C1NC(=O)CC=C1CC2. The van der Waals surface area contributed by atoms with Crippen LogP contribution in [-0.4, -0.2) is 16.6 Å². The van der Waals surface area contributed by atoms with Crippen molar-refractivity contribution in [3.05, 3.63) is 46.7 Å². The molecule has 1 aliphatic carbocycles. The van der Waals surface area contributed by atoms with Gasteiger partial charge in [-0.25, -0.2) is 0 Å². The van der Waals surface area contributed by atoms with E-state index >= 15 is 0 Å². The molecule has 1 aromatic carbocycles. The van der Waals surface area contributed by atoms with Gasteiger partial charge in [-0.1, -0.05) is 12.1 Å². The molecule has 0 unspecified atom stereocenters. The maximum absolute atomic E-state index is 11.6. The second kappa shape index (κ2) is 5.20. The van der Waals surface area contributed by atoms with Gasteiger partial charge in [0.05, 0.1) is 5.70 Å². The van der Waals surface area contributed by atoms with Crippen LogP contribution >= 0.6 is 0 Å². The normalized spacial score (nSPS) is 18.0. The topological polar surface area (TPSA) is 58.6 Å². The molecule has 1 aliphatic heterocycles. The molecule has 4 nitrogen and oxygen atoms in total. The summed E-state index contributed by atoms with van der Waals surface area (Å²) in [6.07, 6.45) is 3.93. The first-order valence-electron chi connectivity index (χ1n) is 7.58. The van der Waals surface area contributed by atoms with Crippen LogP contribution < -0.4 is 10.1 Å². The molecule has 0 radical (unpaired) electrons. The second-order valence-corrected chi connectivity index (χ2v) is 6.74. The summed E-state index contributed by atoms with van der Waals surface area (Å²) < 4.78 is 5.88. The monoisotopic (exact) mass is 299 g/mol. The third-order valence-corrected chi connectivity index (χ3v) is 3.78. The predicted molar refractivity (Wildman–Crippen MR) is 85.5 cm³/mol. The first-order valence-corrected chi connectivity index (χ1v) is 7.58. The van der Waals surface area contributed by atoms with E-state index in [0.29, 0.717) is 17.9 Å². The number of benzene rings is 1. The van der Waals surface area contributed by atoms with E-state index in [0.717, 1.165) is 29.5 Å². The summed E-state index contributed by atoms with van der Waals surface area (Å²) in [4.78, 5) is 11.6. The van der Waals surface area contributed by atoms with Crippen molar-refractivity contribution < 1.29 is 14.6 Å². The van der Waals surface area contributed by atoms with Crippen LogP contribution in [0, 0.1) is 0 Å². The maximum atomic E-state index is 11.6. The Kier molecular flexibility index (Phi) is 3.47. The Morgan fingerprint density at radius 2 is 2.00 bits per heavy atom. The highest BCUT2D eigenvalue weighted by Gasteiger charge is 2.25. The molecule has 0 bridgehead atoms. The van der Waals surface area contributed by atoms with Crippen molar-refractivity contribution in [2.75, 3.05) is 0 Å². The molecule has 0 aromatic heterocycles. The number of hydrogen-bond acceptors (Lipinski definition) is 3. The van der Waals surface area contributed by atoms with Gasteiger partial charge in [0.25, 0.3) is 0 Å². The number of aliphatic hydroxyl groups is 1. The molecular formula is C18H21NO3. The lowest BCUT2D eigenvalue weighted by atomic mass is 10.0.